The lowest BCUT2D eigenvalue weighted by atomic mass is 10.3. The van der Waals surface area contributed by atoms with Crippen molar-refractivity contribution in [1.82, 2.24) is 10.2 Å². The Hall–Kier alpha value is -1.79. The molecule has 0 aliphatic carbocycles. The van der Waals surface area contributed by atoms with E-state index in [9.17, 15) is 14.4 Å². The first-order valence-corrected chi connectivity index (χ1v) is 6.04. The molecule has 0 bridgehead atoms. The Morgan fingerprint density at radius 1 is 1.11 bits per heavy atom. The summed E-state index contributed by atoms with van der Waals surface area (Å²) in [5, 5.41) is 5.37. The van der Waals surface area contributed by atoms with Crippen LogP contribution in [0.4, 0.5) is 10.5 Å². The van der Waals surface area contributed by atoms with E-state index in [2.05, 4.69) is 10.6 Å². The van der Waals surface area contributed by atoms with Gasteiger partial charge in [-0.25, -0.2) is 4.79 Å². The van der Waals surface area contributed by atoms with Crippen LogP contribution < -0.4 is 10.6 Å². The van der Waals surface area contributed by atoms with Crippen molar-refractivity contribution >= 4 is 46.7 Å². The number of nitrogens with zero attached hydrogens (tertiary/aromatic N) is 1. The van der Waals surface area contributed by atoms with E-state index in [1.165, 1.54) is 18.2 Å². The summed E-state index contributed by atoms with van der Waals surface area (Å²) >= 11 is 11.6. The molecule has 0 atom stereocenters. The number of nitrogens with one attached hydrogen (secondary N) is 2. The van der Waals surface area contributed by atoms with Gasteiger partial charge in [-0.2, -0.15) is 0 Å². The maximum atomic E-state index is 11.9. The van der Waals surface area contributed by atoms with E-state index in [1.807, 2.05) is 0 Å². The van der Waals surface area contributed by atoms with Crippen LogP contribution in [0.25, 0.3) is 0 Å². The number of piperazine rings is 1. The van der Waals surface area contributed by atoms with Gasteiger partial charge in [0.25, 0.3) is 0 Å². The van der Waals surface area contributed by atoms with Crippen molar-refractivity contribution in [2.75, 3.05) is 18.4 Å². The molecule has 1 aromatic rings. The van der Waals surface area contributed by atoms with Crippen LogP contribution in [-0.4, -0.2) is 35.8 Å². The van der Waals surface area contributed by atoms with Gasteiger partial charge in [0.05, 0.1) is 0 Å². The third kappa shape index (κ3) is 3.59. The highest BCUT2D eigenvalue weighted by molar-refractivity contribution is 6.35. The van der Waals surface area contributed by atoms with Crippen LogP contribution >= 0.6 is 23.2 Å². The van der Waals surface area contributed by atoms with E-state index in [0.717, 1.165) is 4.90 Å². The van der Waals surface area contributed by atoms with Gasteiger partial charge in [0.15, 0.2) is 0 Å². The minimum atomic E-state index is -0.568. The molecule has 0 radical (unpaired) electrons. The van der Waals surface area contributed by atoms with Crippen molar-refractivity contribution < 1.29 is 14.4 Å². The normalized spacial score (nSPS) is 15.2. The third-order valence-corrected chi connectivity index (χ3v) is 2.79. The molecule has 1 saturated heterocycles. The van der Waals surface area contributed by atoms with Crippen LogP contribution in [0, 0.1) is 0 Å². The number of hydrogen-bond donors (Lipinski definition) is 2. The zero-order valence-corrected chi connectivity index (χ0v) is 11.1. The number of imide groups is 1. The lowest BCUT2D eigenvalue weighted by Crippen LogP contribution is -2.54. The first kappa shape index (κ1) is 13.6. The molecular formula is C11H9Cl2N3O3. The maximum Gasteiger partial charge on any atom is 0.322 e. The number of carbonyl (C=O) groups excluding carboxylic acids is 3. The molecule has 100 valence electrons. The number of hydrogen-bond acceptors (Lipinski definition) is 3. The summed E-state index contributed by atoms with van der Waals surface area (Å²) in [4.78, 5) is 35.3. The zero-order chi connectivity index (χ0) is 14.0. The molecule has 1 fully saturated rings. The van der Waals surface area contributed by atoms with E-state index in [-0.39, 0.29) is 13.1 Å². The van der Waals surface area contributed by atoms with Crippen LogP contribution in [0.5, 0.6) is 0 Å². The second-order valence-electron chi connectivity index (χ2n) is 3.92. The quantitative estimate of drug-likeness (QED) is 0.771. The highest BCUT2D eigenvalue weighted by Gasteiger charge is 2.26. The summed E-state index contributed by atoms with van der Waals surface area (Å²) in [7, 11) is 0. The van der Waals surface area contributed by atoms with E-state index in [1.54, 1.807) is 0 Å². The maximum absolute atomic E-state index is 11.9. The average Bonchev–Trinajstić information content (AvgIpc) is 2.25. The van der Waals surface area contributed by atoms with E-state index in [0.29, 0.717) is 15.7 Å². The van der Waals surface area contributed by atoms with Crippen molar-refractivity contribution in [2.24, 2.45) is 0 Å². The third-order valence-electron chi connectivity index (χ3n) is 2.35. The van der Waals surface area contributed by atoms with Crippen LogP contribution in [0.3, 0.4) is 0 Å². The van der Waals surface area contributed by atoms with Gasteiger partial charge < -0.3 is 10.2 Å². The molecule has 0 spiro atoms. The lowest BCUT2D eigenvalue weighted by molar-refractivity contribution is -0.134. The SMILES string of the molecule is O=C1CN(C(=O)Nc2cc(Cl)cc(Cl)c2)CC(=O)N1. The van der Waals surface area contributed by atoms with Crippen molar-refractivity contribution in [3.8, 4) is 0 Å². The standard InChI is InChI=1S/C11H9Cl2N3O3/c12-6-1-7(13)3-8(2-6)14-11(19)16-4-9(17)15-10(18)5-16/h1-3H,4-5H2,(H,14,19)(H,15,17,18). The summed E-state index contributed by atoms with van der Waals surface area (Å²) in [6.07, 6.45) is 0. The summed E-state index contributed by atoms with van der Waals surface area (Å²) < 4.78 is 0. The van der Waals surface area contributed by atoms with Crippen molar-refractivity contribution in [2.45, 2.75) is 0 Å². The number of carbonyl (C=O) groups is 3. The van der Waals surface area contributed by atoms with Crippen LogP contribution in [-0.2, 0) is 9.59 Å². The molecular weight excluding hydrogens is 293 g/mol. The number of anilines is 1. The average molecular weight is 302 g/mol. The fourth-order valence-electron chi connectivity index (χ4n) is 1.61. The van der Waals surface area contributed by atoms with E-state index < -0.39 is 17.8 Å². The second kappa shape index (κ2) is 5.46. The van der Waals surface area contributed by atoms with Gasteiger partial charge in [-0.05, 0) is 18.2 Å². The largest absolute Gasteiger partial charge is 0.322 e. The molecule has 1 aliphatic rings. The molecule has 1 aliphatic heterocycles. The smallest absolute Gasteiger partial charge is 0.308 e. The van der Waals surface area contributed by atoms with Crippen molar-refractivity contribution in [3.05, 3.63) is 28.2 Å². The Bertz CT molecular complexity index is 526. The van der Waals surface area contributed by atoms with Gasteiger partial charge in [-0.1, -0.05) is 23.2 Å². The number of amides is 4. The Morgan fingerprint density at radius 3 is 2.16 bits per heavy atom. The summed E-state index contributed by atoms with van der Waals surface area (Å²) in [5.74, 6) is -1.04. The summed E-state index contributed by atoms with van der Waals surface area (Å²) in [5.41, 5.74) is 0.390. The van der Waals surface area contributed by atoms with Gasteiger partial charge in [0.1, 0.15) is 13.1 Å². The monoisotopic (exact) mass is 301 g/mol. The fourth-order valence-corrected chi connectivity index (χ4v) is 2.14. The predicted octanol–water partition coefficient (Wildman–Crippen LogP) is 1.48. The minimum absolute atomic E-state index is 0.175. The van der Waals surface area contributed by atoms with Crippen LogP contribution in [0.1, 0.15) is 0 Å². The number of urea groups is 1. The summed E-state index contributed by atoms with van der Waals surface area (Å²) in [6, 6.07) is 3.98. The number of benzene rings is 1. The minimum Gasteiger partial charge on any atom is -0.308 e. The Labute approximate surface area is 118 Å². The van der Waals surface area contributed by atoms with Crippen LogP contribution in [0.15, 0.2) is 18.2 Å². The van der Waals surface area contributed by atoms with Gasteiger partial charge in [0.2, 0.25) is 11.8 Å². The molecule has 8 heteroatoms. The lowest BCUT2D eigenvalue weighted by Gasteiger charge is -2.25. The molecule has 4 amide bonds. The number of halogens is 2. The molecule has 1 aromatic carbocycles. The molecule has 0 aromatic heterocycles. The zero-order valence-electron chi connectivity index (χ0n) is 9.57. The first-order valence-electron chi connectivity index (χ1n) is 5.29. The molecule has 2 N–H and O–H groups in total. The van der Waals surface area contributed by atoms with Gasteiger partial charge in [-0.15, -0.1) is 0 Å². The van der Waals surface area contributed by atoms with E-state index in [4.69, 9.17) is 23.2 Å². The first-order chi connectivity index (χ1) is 8.94. The molecule has 6 nitrogen and oxygen atoms in total. The Morgan fingerprint density at radius 2 is 1.63 bits per heavy atom. The molecule has 1 heterocycles. The highest BCUT2D eigenvalue weighted by Crippen LogP contribution is 2.22. The van der Waals surface area contributed by atoms with Gasteiger partial charge in [0, 0.05) is 15.7 Å². The molecule has 0 unspecified atom stereocenters. The van der Waals surface area contributed by atoms with Gasteiger partial charge in [-0.3, -0.25) is 14.9 Å². The number of rotatable bonds is 1. The molecule has 0 saturated carbocycles. The Balaban J connectivity index is 2.08. The second-order valence-corrected chi connectivity index (χ2v) is 4.79. The Kier molecular flexibility index (Phi) is 3.92. The van der Waals surface area contributed by atoms with E-state index >= 15 is 0 Å². The molecule has 2 rings (SSSR count). The fraction of sp³-hybridized carbons (Fsp3) is 0.182. The van der Waals surface area contributed by atoms with Crippen molar-refractivity contribution in [1.29, 1.82) is 0 Å². The van der Waals surface area contributed by atoms with Gasteiger partial charge >= 0.3 is 6.03 Å². The van der Waals surface area contributed by atoms with Crippen molar-refractivity contribution in [3.63, 3.8) is 0 Å². The topological polar surface area (TPSA) is 78.5 Å². The summed E-state index contributed by atoms with van der Waals surface area (Å²) in [6.45, 7) is -0.349. The molecule has 19 heavy (non-hydrogen) atoms. The van der Waals surface area contributed by atoms with Crippen LogP contribution in [0.2, 0.25) is 10.0 Å². The highest BCUT2D eigenvalue weighted by atomic mass is 35.5. The predicted molar refractivity (Wildman–Crippen MR) is 70.2 cm³/mol.